The molecule has 0 spiro atoms. The lowest BCUT2D eigenvalue weighted by Gasteiger charge is -2.13. The fourth-order valence-corrected chi connectivity index (χ4v) is 2.38. The van der Waals surface area contributed by atoms with Crippen molar-refractivity contribution in [1.82, 2.24) is 4.90 Å². The molecule has 0 N–H and O–H groups in total. The Morgan fingerprint density at radius 2 is 1.73 bits per heavy atom. The van der Waals surface area contributed by atoms with E-state index in [0.29, 0.717) is 6.54 Å². The molecule has 0 amide bonds. The highest BCUT2D eigenvalue weighted by Crippen LogP contribution is 2.15. The predicted octanol–water partition coefficient (Wildman–Crippen LogP) is 1.82. The lowest BCUT2D eigenvalue weighted by molar-refractivity contribution is 0.401. The fraction of sp³-hybridized carbons (Fsp3) is 0.400. The highest BCUT2D eigenvalue weighted by molar-refractivity contribution is 8.13. The minimum atomic E-state index is -3.48. The van der Waals surface area contributed by atoms with Gasteiger partial charge in [0.1, 0.15) is 0 Å². The SMILES string of the molecule is CN(C)Cc1ccccc1CS(=O)(=O)Cl. The van der Waals surface area contributed by atoms with Crippen molar-refractivity contribution in [3.8, 4) is 0 Å². The maximum atomic E-state index is 11.0. The van der Waals surface area contributed by atoms with E-state index in [4.69, 9.17) is 10.7 Å². The minimum Gasteiger partial charge on any atom is -0.305 e. The molecule has 1 aromatic rings. The third-order valence-corrected chi connectivity index (χ3v) is 2.92. The molecule has 1 aromatic carbocycles. The maximum Gasteiger partial charge on any atom is 0.236 e. The van der Waals surface area contributed by atoms with E-state index in [-0.39, 0.29) is 5.75 Å². The van der Waals surface area contributed by atoms with Gasteiger partial charge in [0.2, 0.25) is 9.05 Å². The van der Waals surface area contributed by atoms with Crippen LogP contribution < -0.4 is 0 Å². The molecule has 0 aliphatic rings. The number of rotatable bonds is 4. The zero-order chi connectivity index (χ0) is 11.5. The van der Waals surface area contributed by atoms with E-state index < -0.39 is 9.05 Å². The van der Waals surface area contributed by atoms with Crippen molar-refractivity contribution in [2.45, 2.75) is 12.3 Å². The summed E-state index contributed by atoms with van der Waals surface area (Å²) < 4.78 is 22.0. The second-order valence-corrected chi connectivity index (χ2v) is 6.47. The number of hydrogen-bond acceptors (Lipinski definition) is 3. The summed E-state index contributed by atoms with van der Waals surface area (Å²) in [7, 11) is 5.63. The zero-order valence-electron chi connectivity index (χ0n) is 8.77. The van der Waals surface area contributed by atoms with Crippen molar-refractivity contribution in [1.29, 1.82) is 0 Å². The summed E-state index contributed by atoms with van der Waals surface area (Å²) in [5, 5.41) is 0. The zero-order valence-corrected chi connectivity index (χ0v) is 10.3. The molecule has 0 aliphatic heterocycles. The summed E-state index contributed by atoms with van der Waals surface area (Å²) in [6.45, 7) is 0.711. The molecule has 3 nitrogen and oxygen atoms in total. The molecular weight excluding hydrogens is 234 g/mol. The van der Waals surface area contributed by atoms with Gasteiger partial charge in [0, 0.05) is 17.2 Å². The first-order valence-corrected chi connectivity index (χ1v) is 7.00. The van der Waals surface area contributed by atoms with Crippen molar-refractivity contribution >= 4 is 19.7 Å². The summed E-state index contributed by atoms with van der Waals surface area (Å²) in [5.41, 5.74) is 1.76. The van der Waals surface area contributed by atoms with Crippen LogP contribution in [0.3, 0.4) is 0 Å². The lowest BCUT2D eigenvalue weighted by atomic mass is 10.1. The van der Waals surface area contributed by atoms with E-state index in [1.54, 1.807) is 6.07 Å². The quantitative estimate of drug-likeness (QED) is 0.762. The molecule has 15 heavy (non-hydrogen) atoms. The Hall–Kier alpha value is -0.580. The first-order chi connectivity index (χ1) is 6.88. The van der Waals surface area contributed by atoms with Crippen LogP contribution in [-0.2, 0) is 21.3 Å². The average molecular weight is 248 g/mol. The van der Waals surface area contributed by atoms with Crippen molar-refractivity contribution in [2.75, 3.05) is 14.1 Å². The molecule has 0 saturated carbocycles. The van der Waals surface area contributed by atoms with Crippen molar-refractivity contribution < 1.29 is 8.42 Å². The summed E-state index contributed by atoms with van der Waals surface area (Å²) in [6.07, 6.45) is 0. The molecule has 0 aliphatic carbocycles. The number of hydrogen-bond donors (Lipinski definition) is 0. The van der Waals surface area contributed by atoms with Gasteiger partial charge >= 0.3 is 0 Å². The number of nitrogens with zero attached hydrogens (tertiary/aromatic N) is 1. The van der Waals surface area contributed by atoms with Crippen molar-refractivity contribution in [3.63, 3.8) is 0 Å². The standard InChI is InChI=1S/C10H14ClNO2S/c1-12(2)7-9-5-3-4-6-10(9)8-15(11,13)14/h3-6H,7-8H2,1-2H3. The maximum absolute atomic E-state index is 11.0. The van der Waals surface area contributed by atoms with E-state index in [2.05, 4.69) is 0 Å². The third kappa shape index (κ3) is 4.64. The largest absolute Gasteiger partial charge is 0.305 e. The normalized spacial score (nSPS) is 12.0. The van der Waals surface area contributed by atoms with E-state index in [1.165, 1.54) is 0 Å². The lowest BCUT2D eigenvalue weighted by Crippen LogP contribution is -2.13. The van der Waals surface area contributed by atoms with Crippen LogP contribution in [0, 0.1) is 0 Å². The fourth-order valence-electron chi connectivity index (χ4n) is 1.38. The van der Waals surface area contributed by atoms with Crippen molar-refractivity contribution in [2.24, 2.45) is 0 Å². The van der Waals surface area contributed by atoms with Gasteiger partial charge in [-0.05, 0) is 25.2 Å². The Morgan fingerprint density at radius 3 is 2.20 bits per heavy atom. The molecule has 0 aromatic heterocycles. The van der Waals surface area contributed by atoms with Crippen LogP contribution >= 0.6 is 10.7 Å². The van der Waals surface area contributed by atoms with Gasteiger partial charge in [-0.3, -0.25) is 0 Å². The van der Waals surface area contributed by atoms with Gasteiger partial charge in [0.15, 0.2) is 0 Å². The third-order valence-electron chi connectivity index (χ3n) is 1.93. The summed E-state index contributed by atoms with van der Waals surface area (Å²) >= 11 is 0. The highest BCUT2D eigenvalue weighted by Gasteiger charge is 2.10. The molecule has 0 bridgehead atoms. The van der Waals surface area contributed by atoms with E-state index in [1.807, 2.05) is 37.2 Å². The van der Waals surface area contributed by atoms with E-state index >= 15 is 0 Å². The molecule has 0 radical (unpaired) electrons. The minimum absolute atomic E-state index is 0.113. The van der Waals surface area contributed by atoms with Crippen LogP contribution in [0.5, 0.6) is 0 Å². The average Bonchev–Trinajstić information content (AvgIpc) is 2.05. The van der Waals surface area contributed by atoms with Gasteiger partial charge in [-0.25, -0.2) is 8.42 Å². The smallest absolute Gasteiger partial charge is 0.236 e. The Kier molecular flexibility index (Phi) is 4.13. The van der Waals surface area contributed by atoms with Crippen LogP contribution in [0.1, 0.15) is 11.1 Å². The molecule has 5 heteroatoms. The molecule has 0 heterocycles. The first-order valence-electron chi connectivity index (χ1n) is 4.52. The van der Waals surface area contributed by atoms with Crippen molar-refractivity contribution in [3.05, 3.63) is 35.4 Å². The second-order valence-electron chi connectivity index (χ2n) is 3.69. The summed E-state index contributed by atoms with van der Waals surface area (Å²) in [6, 6.07) is 7.41. The van der Waals surface area contributed by atoms with Crippen LogP contribution in [0.2, 0.25) is 0 Å². The van der Waals surface area contributed by atoms with Gasteiger partial charge in [-0.15, -0.1) is 0 Å². The topological polar surface area (TPSA) is 37.4 Å². The molecule has 0 saturated heterocycles. The van der Waals surface area contributed by atoms with Gasteiger partial charge in [-0.1, -0.05) is 24.3 Å². The molecule has 84 valence electrons. The van der Waals surface area contributed by atoms with Gasteiger partial charge < -0.3 is 4.90 Å². The van der Waals surface area contributed by atoms with E-state index in [9.17, 15) is 8.42 Å². The van der Waals surface area contributed by atoms with Crippen LogP contribution in [-0.4, -0.2) is 27.4 Å². The Balaban J connectivity index is 2.96. The van der Waals surface area contributed by atoms with Gasteiger partial charge in [0.25, 0.3) is 0 Å². The van der Waals surface area contributed by atoms with Crippen LogP contribution in [0.25, 0.3) is 0 Å². The van der Waals surface area contributed by atoms with Gasteiger partial charge in [0.05, 0.1) is 5.75 Å². The predicted molar refractivity (Wildman–Crippen MR) is 62.3 cm³/mol. The Bertz CT molecular complexity index is 429. The van der Waals surface area contributed by atoms with E-state index in [0.717, 1.165) is 11.1 Å². The highest BCUT2D eigenvalue weighted by atomic mass is 35.7. The summed E-state index contributed by atoms with van der Waals surface area (Å²) in [4.78, 5) is 1.99. The number of halogens is 1. The Labute approximate surface area is 95.1 Å². The summed E-state index contributed by atoms with van der Waals surface area (Å²) in [5.74, 6) is -0.113. The first kappa shape index (κ1) is 12.5. The van der Waals surface area contributed by atoms with Crippen LogP contribution in [0.4, 0.5) is 0 Å². The number of benzene rings is 1. The van der Waals surface area contributed by atoms with Gasteiger partial charge in [-0.2, -0.15) is 0 Å². The monoisotopic (exact) mass is 247 g/mol. The molecule has 1 rings (SSSR count). The molecular formula is C10H14ClNO2S. The second kappa shape index (κ2) is 4.96. The molecule has 0 atom stereocenters. The van der Waals surface area contributed by atoms with Crippen LogP contribution in [0.15, 0.2) is 24.3 Å². The Morgan fingerprint density at radius 1 is 1.20 bits per heavy atom. The molecule has 0 fully saturated rings. The molecule has 0 unspecified atom stereocenters.